The molecule has 2 aromatic rings. The minimum absolute atomic E-state index is 0.179. The maximum Gasteiger partial charge on any atom is 0.289 e. The van der Waals surface area contributed by atoms with Gasteiger partial charge in [0.25, 0.3) is 5.91 Å². The summed E-state index contributed by atoms with van der Waals surface area (Å²) in [6, 6.07) is 5.66. The third-order valence-electron chi connectivity index (χ3n) is 3.43. The highest BCUT2D eigenvalue weighted by Crippen LogP contribution is 2.25. The van der Waals surface area contributed by atoms with Crippen molar-refractivity contribution in [3.63, 3.8) is 0 Å². The number of β-amino-alcohol motifs (C(OH)–C–C–N with tert-alkyl or cyclic N) is 1. The Morgan fingerprint density at radius 1 is 1.47 bits per heavy atom. The third-order valence-corrected chi connectivity index (χ3v) is 3.43. The average Bonchev–Trinajstić information content (AvgIpc) is 2.90. The van der Waals surface area contributed by atoms with Crippen LogP contribution < -0.4 is 0 Å². The van der Waals surface area contributed by atoms with Crippen molar-refractivity contribution in [1.82, 2.24) is 4.90 Å². The van der Waals surface area contributed by atoms with Crippen LogP contribution in [-0.2, 0) is 0 Å². The maximum atomic E-state index is 13.1. The predicted octanol–water partition coefficient (Wildman–Crippen LogP) is 2.17. The van der Waals surface area contributed by atoms with Crippen molar-refractivity contribution >= 4 is 16.9 Å². The SMILES string of the molecule is CC1(O)CCN(C(=O)c2cc3cc(F)ccc3o2)C1. The van der Waals surface area contributed by atoms with Gasteiger partial charge in [0, 0.05) is 18.5 Å². The van der Waals surface area contributed by atoms with Gasteiger partial charge in [-0.25, -0.2) is 4.39 Å². The van der Waals surface area contributed by atoms with Gasteiger partial charge in [-0.1, -0.05) is 0 Å². The molecule has 1 aliphatic heterocycles. The van der Waals surface area contributed by atoms with Crippen molar-refractivity contribution in [2.24, 2.45) is 0 Å². The third kappa shape index (κ3) is 2.21. The number of fused-ring (bicyclic) bond motifs is 1. The van der Waals surface area contributed by atoms with E-state index < -0.39 is 5.60 Å². The minimum Gasteiger partial charge on any atom is -0.451 e. The molecule has 0 spiro atoms. The number of furan rings is 1. The number of halogens is 1. The summed E-state index contributed by atoms with van der Waals surface area (Å²) >= 11 is 0. The normalized spacial score (nSPS) is 23.2. The molecular formula is C14H14FNO3. The van der Waals surface area contributed by atoms with Crippen LogP contribution in [-0.4, -0.2) is 34.6 Å². The highest BCUT2D eigenvalue weighted by molar-refractivity contribution is 5.96. The molecule has 100 valence electrons. The number of hydrogen-bond acceptors (Lipinski definition) is 3. The van der Waals surface area contributed by atoms with E-state index in [0.29, 0.717) is 23.9 Å². The molecule has 0 saturated carbocycles. The zero-order valence-electron chi connectivity index (χ0n) is 10.5. The number of amides is 1. The van der Waals surface area contributed by atoms with Crippen LogP contribution in [0.4, 0.5) is 4.39 Å². The van der Waals surface area contributed by atoms with Crippen LogP contribution in [0.1, 0.15) is 23.9 Å². The molecular weight excluding hydrogens is 249 g/mol. The number of nitrogens with zero attached hydrogens (tertiary/aromatic N) is 1. The summed E-state index contributed by atoms with van der Waals surface area (Å²) in [5, 5.41) is 10.4. The lowest BCUT2D eigenvalue weighted by molar-refractivity contribution is 0.0556. The molecule has 3 rings (SSSR count). The maximum absolute atomic E-state index is 13.1. The number of benzene rings is 1. The van der Waals surface area contributed by atoms with Crippen LogP contribution in [0.25, 0.3) is 11.0 Å². The Morgan fingerprint density at radius 2 is 2.26 bits per heavy atom. The Labute approximate surface area is 109 Å². The fourth-order valence-electron chi connectivity index (χ4n) is 2.39. The van der Waals surface area contributed by atoms with Crippen molar-refractivity contribution in [3.05, 3.63) is 35.8 Å². The van der Waals surface area contributed by atoms with Gasteiger partial charge in [-0.2, -0.15) is 0 Å². The van der Waals surface area contributed by atoms with Crippen LogP contribution in [0, 0.1) is 5.82 Å². The van der Waals surface area contributed by atoms with Crippen LogP contribution in [0.15, 0.2) is 28.7 Å². The Kier molecular flexibility index (Phi) is 2.60. The highest BCUT2D eigenvalue weighted by Gasteiger charge is 2.35. The number of hydrogen-bond donors (Lipinski definition) is 1. The second-order valence-corrected chi connectivity index (χ2v) is 5.27. The summed E-state index contributed by atoms with van der Waals surface area (Å²) < 4.78 is 18.5. The first-order valence-corrected chi connectivity index (χ1v) is 6.15. The second kappa shape index (κ2) is 4.06. The largest absolute Gasteiger partial charge is 0.451 e. The van der Waals surface area contributed by atoms with Crippen LogP contribution in [0.5, 0.6) is 0 Å². The number of carbonyl (C=O) groups excluding carboxylic acids is 1. The lowest BCUT2D eigenvalue weighted by atomic mass is 10.1. The van der Waals surface area contributed by atoms with Gasteiger partial charge in [0.2, 0.25) is 0 Å². The number of carbonyl (C=O) groups is 1. The molecule has 5 heteroatoms. The van der Waals surface area contributed by atoms with Crippen molar-refractivity contribution in [1.29, 1.82) is 0 Å². The molecule has 0 aliphatic carbocycles. The molecule has 1 fully saturated rings. The molecule has 1 aromatic carbocycles. The van der Waals surface area contributed by atoms with Gasteiger partial charge in [0.1, 0.15) is 11.4 Å². The van der Waals surface area contributed by atoms with Gasteiger partial charge in [-0.05, 0) is 37.6 Å². The Morgan fingerprint density at radius 3 is 2.95 bits per heavy atom. The number of aliphatic hydroxyl groups is 1. The smallest absolute Gasteiger partial charge is 0.289 e. The van der Waals surface area contributed by atoms with E-state index in [1.807, 2.05) is 0 Å². The molecule has 19 heavy (non-hydrogen) atoms. The first kappa shape index (κ1) is 12.2. The fraction of sp³-hybridized carbons (Fsp3) is 0.357. The van der Waals surface area contributed by atoms with Gasteiger partial charge in [0.05, 0.1) is 5.60 Å². The zero-order valence-corrected chi connectivity index (χ0v) is 10.5. The predicted molar refractivity (Wildman–Crippen MR) is 67.3 cm³/mol. The molecule has 1 aromatic heterocycles. The van der Waals surface area contributed by atoms with Gasteiger partial charge in [0.15, 0.2) is 5.76 Å². The lowest BCUT2D eigenvalue weighted by Gasteiger charge is -2.17. The van der Waals surface area contributed by atoms with Gasteiger partial charge in [-0.15, -0.1) is 0 Å². The number of rotatable bonds is 1. The van der Waals surface area contributed by atoms with E-state index in [1.165, 1.54) is 24.3 Å². The van der Waals surface area contributed by atoms with E-state index >= 15 is 0 Å². The quantitative estimate of drug-likeness (QED) is 0.857. The van der Waals surface area contributed by atoms with E-state index in [0.717, 1.165) is 0 Å². The molecule has 0 bridgehead atoms. The van der Waals surface area contributed by atoms with E-state index in [4.69, 9.17) is 4.42 Å². The molecule has 0 radical (unpaired) electrons. The van der Waals surface area contributed by atoms with E-state index in [9.17, 15) is 14.3 Å². The van der Waals surface area contributed by atoms with Gasteiger partial charge in [-0.3, -0.25) is 4.79 Å². The van der Waals surface area contributed by atoms with Gasteiger partial charge < -0.3 is 14.4 Å². The summed E-state index contributed by atoms with van der Waals surface area (Å²) in [5.41, 5.74) is -0.357. The van der Waals surface area contributed by atoms with Crippen LogP contribution in [0.3, 0.4) is 0 Å². The standard InChI is InChI=1S/C14H14FNO3/c1-14(18)4-5-16(8-14)13(17)12-7-9-6-10(15)2-3-11(9)19-12/h2-3,6-7,18H,4-5,8H2,1H3. The molecule has 1 N–H and O–H groups in total. The highest BCUT2D eigenvalue weighted by atomic mass is 19.1. The monoisotopic (exact) mass is 263 g/mol. The first-order valence-electron chi connectivity index (χ1n) is 6.15. The molecule has 1 unspecified atom stereocenters. The number of likely N-dealkylation sites (tertiary alicyclic amines) is 1. The fourth-order valence-corrected chi connectivity index (χ4v) is 2.39. The second-order valence-electron chi connectivity index (χ2n) is 5.27. The Hall–Kier alpha value is -1.88. The van der Waals surface area contributed by atoms with Crippen molar-refractivity contribution in [3.8, 4) is 0 Å². The topological polar surface area (TPSA) is 53.7 Å². The summed E-state index contributed by atoms with van der Waals surface area (Å²) in [4.78, 5) is 13.8. The van der Waals surface area contributed by atoms with Crippen molar-refractivity contribution < 1.29 is 18.7 Å². The molecule has 1 aliphatic rings. The summed E-state index contributed by atoms with van der Waals surface area (Å²) in [5.74, 6) is -0.455. The van der Waals surface area contributed by atoms with Crippen molar-refractivity contribution in [2.45, 2.75) is 18.9 Å². The Balaban J connectivity index is 1.90. The van der Waals surface area contributed by atoms with Gasteiger partial charge >= 0.3 is 0 Å². The Bertz CT molecular complexity index is 647. The van der Waals surface area contributed by atoms with E-state index in [2.05, 4.69) is 0 Å². The molecule has 4 nitrogen and oxygen atoms in total. The lowest BCUT2D eigenvalue weighted by Crippen LogP contribution is -2.33. The molecule has 1 atom stereocenters. The summed E-state index contributed by atoms with van der Waals surface area (Å²) in [7, 11) is 0. The summed E-state index contributed by atoms with van der Waals surface area (Å²) in [6.45, 7) is 2.49. The van der Waals surface area contributed by atoms with E-state index in [1.54, 1.807) is 11.8 Å². The summed E-state index contributed by atoms with van der Waals surface area (Å²) in [6.07, 6.45) is 0.549. The minimum atomic E-state index is -0.840. The van der Waals surface area contributed by atoms with E-state index in [-0.39, 0.29) is 24.0 Å². The first-order chi connectivity index (χ1) is 8.94. The molecule has 1 amide bonds. The zero-order chi connectivity index (χ0) is 13.6. The molecule has 1 saturated heterocycles. The average molecular weight is 263 g/mol. The molecule has 2 heterocycles. The van der Waals surface area contributed by atoms with Crippen molar-refractivity contribution in [2.75, 3.05) is 13.1 Å². The van der Waals surface area contributed by atoms with Crippen LogP contribution in [0.2, 0.25) is 0 Å². The van der Waals surface area contributed by atoms with Crippen LogP contribution >= 0.6 is 0 Å².